The number of nitrogens with zero attached hydrogens (tertiary/aromatic N) is 3. The molecule has 0 aliphatic carbocycles. The Kier molecular flexibility index (Phi) is 5.91. The van der Waals surface area contributed by atoms with E-state index in [1.54, 1.807) is 22.8 Å². The standard InChI is InChI=1S/C20H23N5O2S2/c1-13(19(27)23-20-14(18(21)26)6-11-28-20)25-9-7-24(8-10-25)12-17-22-15-4-2-3-5-16(15)29-17/h2-6,11,13H,7-10,12H2,1H3,(H2,21,26)(H,23,27). The number of rotatable bonds is 6. The summed E-state index contributed by atoms with van der Waals surface area (Å²) in [6.45, 7) is 6.14. The predicted molar refractivity (Wildman–Crippen MR) is 117 cm³/mol. The average molecular weight is 430 g/mol. The van der Waals surface area contributed by atoms with Crippen LogP contribution in [0.15, 0.2) is 35.7 Å². The maximum absolute atomic E-state index is 12.6. The van der Waals surface area contributed by atoms with Gasteiger partial charge in [0.1, 0.15) is 10.0 Å². The summed E-state index contributed by atoms with van der Waals surface area (Å²) in [7, 11) is 0. The summed E-state index contributed by atoms with van der Waals surface area (Å²) >= 11 is 3.05. The van der Waals surface area contributed by atoms with E-state index in [1.165, 1.54) is 16.0 Å². The van der Waals surface area contributed by atoms with Crippen LogP contribution in [0.4, 0.5) is 5.00 Å². The van der Waals surface area contributed by atoms with Gasteiger partial charge < -0.3 is 11.1 Å². The van der Waals surface area contributed by atoms with Gasteiger partial charge in [0, 0.05) is 26.2 Å². The van der Waals surface area contributed by atoms with Crippen LogP contribution >= 0.6 is 22.7 Å². The number of piperazine rings is 1. The fourth-order valence-electron chi connectivity index (χ4n) is 3.47. The molecule has 4 rings (SSSR count). The number of para-hydroxylation sites is 1. The molecule has 1 atom stereocenters. The molecule has 3 heterocycles. The number of nitrogens with two attached hydrogens (primary N) is 1. The molecule has 0 saturated carbocycles. The van der Waals surface area contributed by atoms with E-state index in [2.05, 4.69) is 21.2 Å². The summed E-state index contributed by atoms with van der Waals surface area (Å²) in [5.41, 5.74) is 6.77. The van der Waals surface area contributed by atoms with Crippen LogP contribution in [0.5, 0.6) is 0 Å². The molecule has 1 aromatic carbocycles. The molecule has 1 aliphatic rings. The third-order valence-electron chi connectivity index (χ3n) is 5.20. The number of thiophene rings is 1. The molecule has 152 valence electrons. The number of amides is 2. The first-order valence-corrected chi connectivity index (χ1v) is 11.2. The minimum absolute atomic E-state index is 0.116. The minimum atomic E-state index is -0.530. The van der Waals surface area contributed by atoms with Gasteiger partial charge in [-0.25, -0.2) is 4.98 Å². The predicted octanol–water partition coefficient (Wildman–Crippen LogP) is 2.60. The maximum atomic E-state index is 12.6. The molecule has 3 aromatic rings. The number of carbonyl (C=O) groups excluding carboxylic acids is 2. The molecule has 29 heavy (non-hydrogen) atoms. The van der Waals surface area contributed by atoms with Gasteiger partial charge in [-0.05, 0) is 30.5 Å². The Balaban J connectivity index is 1.30. The Hall–Kier alpha value is -2.33. The molecule has 0 spiro atoms. The second kappa shape index (κ2) is 8.58. The highest BCUT2D eigenvalue weighted by atomic mass is 32.1. The SMILES string of the molecule is CC(C(=O)Nc1sccc1C(N)=O)N1CCN(Cc2nc3ccccc3s2)CC1. The summed E-state index contributed by atoms with van der Waals surface area (Å²) in [5.74, 6) is -0.646. The van der Waals surface area contributed by atoms with E-state index in [1.807, 2.05) is 25.1 Å². The third kappa shape index (κ3) is 4.48. The Morgan fingerprint density at radius 2 is 1.97 bits per heavy atom. The van der Waals surface area contributed by atoms with Crippen LogP contribution < -0.4 is 11.1 Å². The lowest BCUT2D eigenvalue weighted by Gasteiger charge is -2.37. The average Bonchev–Trinajstić information content (AvgIpc) is 3.34. The van der Waals surface area contributed by atoms with Crippen molar-refractivity contribution in [3.05, 3.63) is 46.3 Å². The van der Waals surface area contributed by atoms with Crippen molar-refractivity contribution in [3.63, 3.8) is 0 Å². The number of anilines is 1. The number of aromatic nitrogens is 1. The van der Waals surface area contributed by atoms with Crippen LogP contribution in [-0.2, 0) is 11.3 Å². The number of nitrogens with one attached hydrogen (secondary N) is 1. The van der Waals surface area contributed by atoms with Gasteiger partial charge in [0.25, 0.3) is 5.91 Å². The second-order valence-corrected chi connectivity index (χ2v) is 9.11. The molecule has 1 unspecified atom stereocenters. The first kappa shape index (κ1) is 20.0. The van der Waals surface area contributed by atoms with Gasteiger partial charge in [-0.2, -0.15) is 0 Å². The highest BCUT2D eigenvalue weighted by molar-refractivity contribution is 7.18. The van der Waals surface area contributed by atoms with Gasteiger partial charge in [0.15, 0.2) is 0 Å². The molecule has 3 N–H and O–H groups in total. The maximum Gasteiger partial charge on any atom is 0.251 e. The Morgan fingerprint density at radius 3 is 2.69 bits per heavy atom. The summed E-state index contributed by atoms with van der Waals surface area (Å²) in [5, 5.41) is 6.25. The summed E-state index contributed by atoms with van der Waals surface area (Å²) < 4.78 is 1.22. The summed E-state index contributed by atoms with van der Waals surface area (Å²) in [4.78, 5) is 33.3. The number of fused-ring (bicyclic) bond motifs is 1. The van der Waals surface area contributed by atoms with Crippen molar-refractivity contribution >= 4 is 49.7 Å². The van der Waals surface area contributed by atoms with Gasteiger partial charge >= 0.3 is 0 Å². The number of hydrogen-bond donors (Lipinski definition) is 2. The zero-order valence-electron chi connectivity index (χ0n) is 16.1. The summed E-state index contributed by atoms with van der Waals surface area (Å²) in [6, 6.07) is 9.56. The normalized spacial score (nSPS) is 16.7. The molecular formula is C20H23N5O2S2. The van der Waals surface area contributed by atoms with Crippen molar-refractivity contribution in [1.29, 1.82) is 0 Å². The largest absolute Gasteiger partial charge is 0.366 e. The van der Waals surface area contributed by atoms with E-state index in [0.717, 1.165) is 43.2 Å². The highest BCUT2D eigenvalue weighted by Crippen LogP contribution is 2.24. The molecule has 2 aromatic heterocycles. The van der Waals surface area contributed by atoms with E-state index in [4.69, 9.17) is 10.7 Å². The fraction of sp³-hybridized carbons (Fsp3) is 0.350. The quantitative estimate of drug-likeness (QED) is 0.628. The van der Waals surface area contributed by atoms with Crippen LogP contribution in [0.3, 0.4) is 0 Å². The van der Waals surface area contributed by atoms with E-state index < -0.39 is 5.91 Å². The molecule has 1 fully saturated rings. The Bertz CT molecular complexity index is 990. The van der Waals surface area contributed by atoms with Gasteiger partial charge in [-0.1, -0.05) is 12.1 Å². The van der Waals surface area contributed by atoms with Crippen LogP contribution in [0.2, 0.25) is 0 Å². The van der Waals surface area contributed by atoms with Crippen LogP contribution in [-0.4, -0.2) is 58.8 Å². The molecule has 9 heteroatoms. The number of hydrogen-bond acceptors (Lipinski definition) is 7. The molecule has 1 aliphatic heterocycles. The number of benzene rings is 1. The highest BCUT2D eigenvalue weighted by Gasteiger charge is 2.27. The zero-order valence-corrected chi connectivity index (χ0v) is 17.8. The fourth-order valence-corrected chi connectivity index (χ4v) is 5.28. The van der Waals surface area contributed by atoms with Crippen molar-refractivity contribution in [2.45, 2.75) is 19.5 Å². The molecule has 0 bridgehead atoms. The second-order valence-electron chi connectivity index (χ2n) is 7.08. The van der Waals surface area contributed by atoms with Crippen molar-refractivity contribution in [2.24, 2.45) is 5.73 Å². The minimum Gasteiger partial charge on any atom is -0.366 e. The number of primary amides is 1. The van der Waals surface area contributed by atoms with Gasteiger partial charge in [0.05, 0.1) is 28.4 Å². The van der Waals surface area contributed by atoms with Crippen LogP contribution in [0, 0.1) is 0 Å². The molecular weight excluding hydrogens is 406 g/mol. The van der Waals surface area contributed by atoms with Crippen molar-refractivity contribution in [1.82, 2.24) is 14.8 Å². The van der Waals surface area contributed by atoms with Crippen molar-refractivity contribution in [3.8, 4) is 0 Å². The molecule has 0 radical (unpaired) electrons. The van der Waals surface area contributed by atoms with Crippen molar-refractivity contribution < 1.29 is 9.59 Å². The smallest absolute Gasteiger partial charge is 0.251 e. The van der Waals surface area contributed by atoms with Crippen molar-refractivity contribution in [2.75, 3.05) is 31.5 Å². The number of carbonyl (C=O) groups is 2. The Labute approximate surface area is 177 Å². The molecule has 7 nitrogen and oxygen atoms in total. The lowest BCUT2D eigenvalue weighted by Crippen LogP contribution is -2.52. The van der Waals surface area contributed by atoms with Gasteiger partial charge in [-0.3, -0.25) is 19.4 Å². The lowest BCUT2D eigenvalue weighted by atomic mass is 10.2. The molecule has 1 saturated heterocycles. The van der Waals surface area contributed by atoms with E-state index in [-0.39, 0.29) is 11.9 Å². The lowest BCUT2D eigenvalue weighted by molar-refractivity contribution is -0.121. The first-order chi connectivity index (χ1) is 14.0. The zero-order chi connectivity index (χ0) is 20.4. The van der Waals surface area contributed by atoms with E-state index in [0.29, 0.717) is 10.6 Å². The van der Waals surface area contributed by atoms with Crippen LogP contribution in [0.25, 0.3) is 10.2 Å². The van der Waals surface area contributed by atoms with Crippen LogP contribution in [0.1, 0.15) is 22.3 Å². The van der Waals surface area contributed by atoms with E-state index in [9.17, 15) is 9.59 Å². The molecule has 2 amide bonds. The third-order valence-corrected chi connectivity index (χ3v) is 7.05. The van der Waals surface area contributed by atoms with Gasteiger partial charge in [-0.15, -0.1) is 22.7 Å². The number of thiazole rings is 1. The summed E-state index contributed by atoms with van der Waals surface area (Å²) in [6.07, 6.45) is 0. The Morgan fingerprint density at radius 1 is 1.21 bits per heavy atom. The monoisotopic (exact) mass is 429 g/mol. The van der Waals surface area contributed by atoms with E-state index >= 15 is 0 Å². The van der Waals surface area contributed by atoms with Gasteiger partial charge in [0.2, 0.25) is 5.91 Å². The topological polar surface area (TPSA) is 91.6 Å². The first-order valence-electron chi connectivity index (χ1n) is 9.50.